The highest BCUT2D eigenvalue weighted by molar-refractivity contribution is 7.89. The number of methoxy groups -OCH3 is 1. The first-order valence-corrected chi connectivity index (χ1v) is 12.3. The van der Waals surface area contributed by atoms with Crippen LogP contribution in [0.25, 0.3) is 0 Å². The van der Waals surface area contributed by atoms with E-state index in [1.807, 2.05) is 24.3 Å². The van der Waals surface area contributed by atoms with E-state index in [1.54, 1.807) is 12.1 Å². The molecule has 1 amide bonds. The minimum atomic E-state index is -3.84. The normalized spacial score (nSPS) is 15.6. The quantitative estimate of drug-likeness (QED) is 0.504. The molecule has 0 aromatic heterocycles. The molecule has 0 bridgehead atoms. The summed E-state index contributed by atoms with van der Waals surface area (Å²) in [6, 6.07) is 12.5. The van der Waals surface area contributed by atoms with Crippen molar-refractivity contribution in [3.05, 3.63) is 54.1 Å². The first-order chi connectivity index (χ1) is 15.9. The molecule has 0 saturated carbocycles. The largest absolute Gasteiger partial charge is 0.497 e. The number of amides is 1. The molecule has 33 heavy (non-hydrogen) atoms. The Morgan fingerprint density at radius 1 is 1.12 bits per heavy atom. The van der Waals surface area contributed by atoms with E-state index in [0.29, 0.717) is 12.4 Å². The molecule has 1 atom stereocenters. The van der Waals surface area contributed by atoms with Crippen molar-refractivity contribution in [1.29, 1.82) is 0 Å². The van der Waals surface area contributed by atoms with Crippen LogP contribution in [-0.4, -0.2) is 71.8 Å². The summed E-state index contributed by atoms with van der Waals surface area (Å²) in [6.45, 7) is 6.49. The molecule has 0 spiro atoms. The third kappa shape index (κ3) is 7.71. The summed E-state index contributed by atoms with van der Waals surface area (Å²) in [5.74, 6) is 0.848. The van der Waals surface area contributed by atoms with E-state index >= 15 is 0 Å². The van der Waals surface area contributed by atoms with E-state index in [1.165, 1.54) is 26.2 Å². The number of carbonyl (C=O) groups is 1. The number of ether oxygens (including phenoxy) is 3. The zero-order valence-electron chi connectivity index (χ0n) is 19.0. The molecule has 1 aliphatic rings. The van der Waals surface area contributed by atoms with Gasteiger partial charge in [-0.25, -0.2) is 8.42 Å². The first-order valence-electron chi connectivity index (χ1n) is 10.8. The Morgan fingerprint density at radius 2 is 1.85 bits per heavy atom. The maximum atomic E-state index is 12.5. The second-order valence-electron chi connectivity index (χ2n) is 7.69. The Labute approximate surface area is 195 Å². The van der Waals surface area contributed by atoms with E-state index < -0.39 is 22.0 Å². The Bertz CT molecular complexity index is 1010. The summed E-state index contributed by atoms with van der Waals surface area (Å²) in [7, 11) is -2.34. The van der Waals surface area contributed by atoms with Gasteiger partial charge in [-0.15, -0.1) is 0 Å². The average Bonchev–Trinajstić information content (AvgIpc) is 2.83. The first kappa shape index (κ1) is 25.0. The zero-order chi connectivity index (χ0) is 23.7. The van der Waals surface area contributed by atoms with Gasteiger partial charge in [-0.1, -0.05) is 12.1 Å². The van der Waals surface area contributed by atoms with Gasteiger partial charge in [0.15, 0.2) is 0 Å². The molecule has 10 heteroatoms. The van der Waals surface area contributed by atoms with Crippen molar-refractivity contribution >= 4 is 15.9 Å². The van der Waals surface area contributed by atoms with E-state index in [9.17, 15) is 13.2 Å². The lowest BCUT2D eigenvalue weighted by molar-refractivity contribution is -0.122. The number of sulfonamides is 1. The van der Waals surface area contributed by atoms with Crippen LogP contribution in [-0.2, 0) is 26.1 Å². The molecule has 0 unspecified atom stereocenters. The summed E-state index contributed by atoms with van der Waals surface area (Å²) in [5.41, 5.74) is 0.859. The maximum absolute atomic E-state index is 12.5. The smallest absolute Gasteiger partial charge is 0.241 e. The molecule has 1 heterocycles. The monoisotopic (exact) mass is 477 g/mol. The maximum Gasteiger partial charge on any atom is 0.241 e. The van der Waals surface area contributed by atoms with Gasteiger partial charge in [-0.2, -0.15) is 4.72 Å². The number of hydrogen-bond acceptors (Lipinski definition) is 7. The number of benzene rings is 2. The van der Waals surface area contributed by atoms with Gasteiger partial charge in [-0.3, -0.25) is 9.69 Å². The Balaban J connectivity index is 1.46. The second-order valence-corrected chi connectivity index (χ2v) is 9.40. The standard InChI is InChI=1S/C23H31N3O6S/c1-18(25-33(28,29)22-8-6-20(30-2)7-9-22)23(27)24-17-19-4-3-5-21(16-19)32-15-12-26-10-13-31-14-11-26/h3-9,16,18,25H,10-15,17H2,1-2H3,(H,24,27)/t18-/m0/s1. The molecule has 180 valence electrons. The molecule has 2 aromatic carbocycles. The highest BCUT2D eigenvalue weighted by Crippen LogP contribution is 2.16. The lowest BCUT2D eigenvalue weighted by Gasteiger charge is -2.26. The van der Waals surface area contributed by atoms with E-state index in [4.69, 9.17) is 14.2 Å². The van der Waals surface area contributed by atoms with Crippen molar-refractivity contribution in [2.75, 3.05) is 46.6 Å². The van der Waals surface area contributed by atoms with Crippen molar-refractivity contribution in [2.45, 2.75) is 24.4 Å². The van der Waals surface area contributed by atoms with Crippen LogP contribution in [0.5, 0.6) is 11.5 Å². The van der Waals surface area contributed by atoms with Gasteiger partial charge < -0.3 is 19.5 Å². The van der Waals surface area contributed by atoms with Gasteiger partial charge in [-0.05, 0) is 48.9 Å². The summed E-state index contributed by atoms with van der Waals surface area (Å²) in [6.07, 6.45) is 0. The Hall–Kier alpha value is -2.66. The van der Waals surface area contributed by atoms with Crippen LogP contribution in [0.1, 0.15) is 12.5 Å². The Kier molecular flexibility index (Phi) is 9.07. The van der Waals surface area contributed by atoms with Crippen molar-refractivity contribution in [3.8, 4) is 11.5 Å². The average molecular weight is 478 g/mol. The number of nitrogens with zero attached hydrogens (tertiary/aromatic N) is 1. The minimum absolute atomic E-state index is 0.0601. The van der Waals surface area contributed by atoms with E-state index in [0.717, 1.165) is 44.2 Å². The summed E-state index contributed by atoms with van der Waals surface area (Å²) < 4.78 is 43.7. The second kappa shape index (κ2) is 12.0. The van der Waals surface area contributed by atoms with E-state index in [2.05, 4.69) is 14.9 Å². The summed E-state index contributed by atoms with van der Waals surface area (Å²) >= 11 is 0. The SMILES string of the molecule is COc1ccc(S(=O)(=O)N[C@@H](C)C(=O)NCc2cccc(OCCN3CCOCC3)c2)cc1. The number of carbonyl (C=O) groups excluding carboxylic acids is 1. The number of hydrogen-bond donors (Lipinski definition) is 2. The fourth-order valence-electron chi connectivity index (χ4n) is 3.31. The van der Waals surface area contributed by atoms with Gasteiger partial charge in [0.1, 0.15) is 18.1 Å². The number of nitrogens with one attached hydrogen (secondary N) is 2. The van der Waals surface area contributed by atoms with Crippen LogP contribution >= 0.6 is 0 Å². The highest BCUT2D eigenvalue weighted by Gasteiger charge is 2.22. The van der Waals surface area contributed by atoms with Crippen LogP contribution in [0.3, 0.4) is 0 Å². The number of morpholine rings is 1. The molecule has 1 fully saturated rings. The third-order valence-corrected chi connectivity index (χ3v) is 6.80. The predicted octanol–water partition coefficient (Wildman–Crippen LogP) is 1.39. The van der Waals surface area contributed by atoms with Crippen LogP contribution in [0.2, 0.25) is 0 Å². The lowest BCUT2D eigenvalue weighted by Crippen LogP contribution is -2.44. The van der Waals surface area contributed by atoms with Crippen molar-refractivity contribution in [3.63, 3.8) is 0 Å². The van der Waals surface area contributed by atoms with Crippen LogP contribution in [0, 0.1) is 0 Å². The van der Waals surface area contributed by atoms with Crippen molar-refractivity contribution in [1.82, 2.24) is 14.9 Å². The Morgan fingerprint density at radius 3 is 2.55 bits per heavy atom. The van der Waals surface area contributed by atoms with Gasteiger partial charge in [0, 0.05) is 26.2 Å². The highest BCUT2D eigenvalue weighted by atomic mass is 32.2. The van der Waals surface area contributed by atoms with Crippen LogP contribution < -0.4 is 19.5 Å². The lowest BCUT2D eigenvalue weighted by atomic mass is 10.2. The van der Waals surface area contributed by atoms with E-state index in [-0.39, 0.29) is 11.4 Å². The molecule has 2 N–H and O–H groups in total. The molecule has 0 radical (unpaired) electrons. The van der Waals surface area contributed by atoms with Gasteiger partial charge in [0.05, 0.1) is 31.3 Å². The van der Waals surface area contributed by atoms with Gasteiger partial charge >= 0.3 is 0 Å². The molecule has 1 saturated heterocycles. The predicted molar refractivity (Wildman–Crippen MR) is 124 cm³/mol. The zero-order valence-corrected chi connectivity index (χ0v) is 19.8. The molecule has 0 aliphatic carbocycles. The number of rotatable bonds is 11. The summed E-state index contributed by atoms with van der Waals surface area (Å²) in [4.78, 5) is 14.8. The molecule has 3 rings (SSSR count). The molecule has 1 aliphatic heterocycles. The molecular formula is C23H31N3O6S. The van der Waals surface area contributed by atoms with Gasteiger partial charge in [0.2, 0.25) is 15.9 Å². The topological polar surface area (TPSA) is 106 Å². The summed E-state index contributed by atoms with van der Waals surface area (Å²) in [5, 5.41) is 2.76. The minimum Gasteiger partial charge on any atom is -0.497 e. The van der Waals surface area contributed by atoms with Crippen molar-refractivity contribution < 1.29 is 27.4 Å². The van der Waals surface area contributed by atoms with Crippen LogP contribution in [0.15, 0.2) is 53.4 Å². The van der Waals surface area contributed by atoms with Crippen molar-refractivity contribution in [2.24, 2.45) is 0 Å². The van der Waals surface area contributed by atoms with Gasteiger partial charge in [0.25, 0.3) is 0 Å². The fourth-order valence-corrected chi connectivity index (χ4v) is 4.52. The molecular weight excluding hydrogens is 446 g/mol. The third-order valence-electron chi connectivity index (χ3n) is 5.24. The molecule has 9 nitrogen and oxygen atoms in total. The molecule has 2 aromatic rings. The fraction of sp³-hybridized carbons (Fsp3) is 0.435. The van der Waals surface area contributed by atoms with Crippen LogP contribution in [0.4, 0.5) is 0 Å².